The van der Waals surface area contributed by atoms with Gasteiger partial charge in [0.1, 0.15) is 11.5 Å². The number of carbonyl (C=O) groups is 2. The molecule has 2 aromatic carbocycles. The van der Waals surface area contributed by atoms with E-state index in [0.29, 0.717) is 110 Å². The van der Waals surface area contributed by atoms with Crippen LogP contribution in [0.5, 0.6) is 23.0 Å². The lowest BCUT2D eigenvalue weighted by molar-refractivity contribution is -0.118. The molecule has 4 rings (SSSR count). The molecule has 282 valence electrons. The summed E-state index contributed by atoms with van der Waals surface area (Å²) in [4.78, 5) is 36.3. The fourth-order valence-electron chi connectivity index (χ4n) is 7.05. The molecule has 0 aromatic heterocycles. The number of unbranched alkanes of at least 4 members (excludes halogenated alkanes) is 1. The number of hydrogen-bond acceptors (Lipinski definition) is 10. The smallest absolute Gasteiger partial charge is 0.168 e. The van der Waals surface area contributed by atoms with E-state index in [0.717, 1.165) is 11.1 Å². The number of hydrogen-bond donors (Lipinski definition) is 2. The van der Waals surface area contributed by atoms with Crippen molar-refractivity contribution in [2.24, 2.45) is 20.8 Å². The molecule has 52 heavy (non-hydrogen) atoms. The van der Waals surface area contributed by atoms with Gasteiger partial charge < -0.3 is 29.2 Å². The van der Waals surface area contributed by atoms with Crippen LogP contribution < -0.4 is 18.9 Å². The molecule has 10 nitrogen and oxygen atoms in total. The maximum absolute atomic E-state index is 13.3. The molecule has 0 unspecified atom stereocenters. The van der Waals surface area contributed by atoms with Crippen molar-refractivity contribution in [2.75, 3.05) is 41.5 Å². The Bertz CT molecular complexity index is 1620. The lowest BCUT2D eigenvalue weighted by Gasteiger charge is -2.31. The van der Waals surface area contributed by atoms with Crippen molar-refractivity contribution in [3.8, 4) is 23.0 Å². The summed E-state index contributed by atoms with van der Waals surface area (Å²) in [5.41, 5.74) is 3.44. The third-order valence-corrected chi connectivity index (χ3v) is 9.66. The Balaban J connectivity index is 1.44. The number of carbonyl (C=O) groups excluding carboxylic acids is 2. The first-order valence-corrected chi connectivity index (χ1v) is 18.1. The molecule has 0 aliphatic heterocycles. The van der Waals surface area contributed by atoms with Crippen LogP contribution >= 0.6 is 0 Å². The van der Waals surface area contributed by atoms with E-state index in [9.17, 15) is 19.8 Å². The van der Waals surface area contributed by atoms with Gasteiger partial charge in [0, 0.05) is 50.2 Å². The van der Waals surface area contributed by atoms with Crippen molar-refractivity contribution >= 4 is 23.0 Å². The number of ketones is 2. The van der Waals surface area contributed by atoms with Crippen LogP contribution in [0.1, 0.15) is 90.2 Å². The lowest BCUT2D eigenvalue weighted by Crippen LogP contribution is -2.33. The molecule has 2 aliphatic rings. The molecule has 2 fully saturated rings. The molecule has 2 N–H and O–H groups in total. The van der Waals surface area contributed by atoms with E-state index in [1.54, 1.807) is 28.4 Å². The van der Waals surface area contributed by atoms with Gasteiger partial charge in [-0.05, 0) is 84.7 Å². The quantitative estimate of drug-likeness (QED) is 0.107. The number of benzene rings is 2. The maximum Gasteiger partial charge on any atom is 0.168 e. The van der Waals surface area contributed by atoms with E-state index in [-0.39, 0.29) is 46.8 Å². The summed E-state index contributed by atoms with van der Waals surface area (Å²) in [6.07, 6.45) is 4.70. The number of allylic oxidation sites excluding steroid dienone is 4. The van der Waals surface area contributed by atoms with E-state index in [1.807, 2.05) is 64.1 Å². The van der Waals surface area contributed by atoms with Crippen molar-refractivity contribution in [1.29, 1.82) is 0 Å². The number of ether oxygens (including phenoxy) is 4. The molecule has 2 saturated carbocycles. The first-order valence-electron chi connectivity index (χ1n) is 18.1. The average Bonchev–Trinajstić information content (AvgIpc) is 3.08. The van der Waals surface area contributed by atoms with Gasteiger partial charge in [-0.3, -0.25) is 19.6 Å². The third-order valence-electron chi connectivity index (χ3n) is 9.66. The molecule has 2 aromatic rings. The fraction of sp³-hybridized carbons (Fsp3) is 0.524. The SMILES string of the molecule is COc1ccc(CCN=C2CC(C)(C)CC(=O)/C2=C(/O)CCCC/C(O)=C2\C(=O)CC(C)(C)CC2=NCCc2ccc(OC)c(OC)c2)cc1OC. The Morgan fingerprint density at radius 1 is 0.596 bits per heavy atom. The number of rotatable bonds is 15. The third kappa shape index (κ3) is 10.5. The first-order chi connectivity index (χ1) is 24.7. The van der Waals surface area contributed by atoms with E-state index in [4.69, 9.17) is 28.9 Å². The van der Waals surface area contributed by atoms with Gasteiger partial charge in [0.05, 0.1) is 39.6 Å². The van der Waals surface area contributed by atoms with Crippen LogP contribution in [-0.2, 0) is 22.4 Å². The van der Waals surface area contributed by atoms with Gasteiger partial charge in [-0.1, -0.05) is 39.8 Å². The van der Waals surface area contributed by atoms with Crippen molar-refractivity contribution in [3.05, 3.63) is 70.2 Å². The largest absolute Gasteiger partial charge is 0.511 e. The molecular formula is C42H56N2O8. The van der Waals surface area contributed by atoms with Crippen LogP contribution in [0, 0.1) is 10.8 Å². The second-order valence-electron chi connectivity index (χ2n) is 15.3. The normalized spacial score (nSPS) is 20.5. The minimum atomic E-state index is -0.261. The highest BCUT2D eigenvalue weighted by Crippen LogP contribution is 2.38. The zero-order chi connectivity index (χ0) is 38.1. The van der Waals surface area contributed by atoms with E-state index >= 15 is 0 Å². The van der Waals surface area contributed by atoms with Gasteiger partial charge in [0.25, 0.3) is 0 Å². The van der Waals surface area contributed by atoms with Gasteiger partial charge in [-0.2, -0.15) is 0 Å². The molecule has 10 heteroatoms. The highest BCUT2D eigenvalue weighted by Gasteiger charge is 2.37. The van der Waals surface area contributed by atoms with Crippen LogP contribution in [0.4, 0.5) is 0 Å². The Morgan fingerprint density at radius 2 is 0.962 bits per heavy atom. The first kappa shape index (κ1) is 40.2. The molecule has 0 bridgehead atoms. The van der Waals surface area contributed by atoms with E-state index in [1.165, 1.54) is 0 Å². The number of Topliss-reactive ketones (excluding diaryl/α,β-unsaturated/α-hetero) is 2. The monoisotopic (exact) mass is 716 g/mol. The number of aliphatic imine (C=N–C) groups is 2. The topological polar surface area (TPSA) is 136 Å². The Morgan fingerprint density at radius 3 is 1.31 bits per heavy atom. The van der Waals surface area contributed by atoms with Crippen LogP contribution in [0.15, 0.2) is 69.0 Å². The zero-order valence-electron chi connectivity index (χ0n) is 32.2. The summed E-state index contributed by atoms with van der Waals surface area (Å²) in [6.45, 7) is 9.08. The van der Waals surface area contributed by atoms with Crippen molar-refractivity contribution in [2.45, 2.75) is 91.9 Å². The van der Waals surface area contributed by atoms with Gasteiger partial charge in [0.15, 0.2) is 34.6 Å². The summed E-state index contributed by atoms with van der Waals surface area (Å²) < 4.78 is 21.5. The molecular weight excluding hydrogens is 660 g/mol. The van der Waals surface area contributed by atoms with Crippen molar-refractivity contribution in [3.63, 3.8) is 0 Å². The van der Waals surface area contributed by atoms with Gasteiger partial charge in [-0.25, -0.2) is 0 Å². The fourth-order valence-corrected chi connectivity index (χ4v) is 7.05. The second kappa shape index (κ2) is 17.8. The Hall–Kier alpha value is -4.60. The number of methoxy groups -OCH3 is 4. The summed E-state index contributed by atoms with van der Waals surface area (Å²) in [5, 5.41) is 22.4. The van der Waals surface area contributed by atoms with Crippen LogP contribution in [0.2, 0.25) is 0 Å². The summed E-state index contributed by atoms with van der Waals surface area (Å²) in [6, 6.07) is 11.5. The standard InChI is InChI=1S/C42H56N2O8/c1-41(2)23-29(43-19-17-27-13-15-35(49-5)37(21-27)51-7)39(33(47)25-41)31(45)11-9-10-12-32(46)40-30(24-42(3,4)26-34(40)48)44-20-18-28-14-16-36(50-6)38(22-28)52-8/h13-16,21-22,45-46H,9-12,17-20,23-26H2,1-8H3/b39-31+,40-32+,43-29?,44-30?. The molecule has 0 saturated heterocycles. The lowest BCUT2D eigenvalue weighted by atomic mass is 9.73. The van der Waals surface area contributed by atoms with Gasteiger partial charge >= 0.3 is 0 Å². The number of aliphatic hydroxyl groups is 2. The molecule has 0 amide bonds. The molecule has 0 heterocycles. The molecule has 0 spiro atoms. The van der Waals surface area contributed by atoms with E-state index in [2.05, 4.69) is 0 Å². The molecule has 0 atom stereocenters. The highest BCUT2D eigenvalue weighted by atomic mass is 16.5. The van der Waals surface area contributed by atoms with Crippen LogP contribution in [0.3, 0.4) is 0 Å². The maximum atomic E-state index is 13.3. The van der Waals surface area contributed by atoms with Gasteiger partial charge in [-0.15, -0.1) is 0 Å². The Kier molecular flexibility index (Phi) is 13.7. The zero-order valence-corrected chi connectivity index (χ0v) is 32.2. The minimum absolute atomic E-state index is 0.0328. The number of aliphatic hydroxyl groups excluding tert-OH is 2. The Labute approximate surface area is 308 Å². The molecule has 2 aliphatic carbocycles. The van der Waals surface area contributed by atoms with Crippen LogP contribution in [0.25, 0.3) is 0 Å². The minimum Gasteiger partial charge on any atom is -0.511 e. The van der Waals surface area contributed by atoms with Gasteiger partial charge in [0.2, 0.25) is 0 Å². The predicted octanol–water partition coefficient (Wildman–Crippen LogP) is 8.35. The second-order valence-corrected chi connectivity index (χ2v) is 15.3. The summed E-state index contributed by atoms with van der Waals surface area (Å²) in [7, 11) is 6.39. The summed E-state index contributed by atoms with van der Waals surface area (Å²) >= 11 is 0. The van der Waals surface area contributed by atoms with E-state index < -0.39 is 0 Å². The van der Waals surface area contributed by atoms with Crippen molar-refractivity contribution in [1.82, 2.24) is 0 Å². The molecule has 0 radical (unpaired) electrons. The highest BCUT2D eigenvalue weighted by molar-refractivity contribution is 6.25. The average molecular weight is 717 g/mol. The van der Waals surface area contributed by atoms with Crippen molar-refractivity contribution < 1.29 is 38.7 Å². The predicted molar refractivity (Wildman–Crippen MR) is 205 cm³/mol. The summed E-state index contributed by atoms with van der Waals surface area (Å²) in [5.74, 6) is 2.46. The van der Waals surface area contributed by atoms with Crippen LogP contribution in [-0.4, -0.2) is 74.7 Å². The number of nitrogens with zero attached hydrogens (tertiary/aromatic N) is 2.